The quantitative estimate of drug-likeness (QED) is 0.812. The molecule has 1 aromatic heterocycles. The van der Waals surface area contributed by atoms with Gasteiger partial charge in [0.15, 0.2) is 0 Å². The predicted octanol–water partition coefficient (Wildman–Crippen LogP) is 1.67. The lowest BCUT2D eigenvalue weighted by Gasteiger charge is -2.25. The number of nitrogens with zero attached hydrogens (tertiary/aromatic N) is 2. The van der Waals surface area contributed by atoms with Crippen molar-refractivity contribution >= 4 is 0 Å². The largest absolute Gasteiger partial charge is 0.377 e. The Morgan fingerprint density at radius 3 is 3.11 bits per heavy atom. The maximum Gasteiger partial charge on any atom is 0.0700 e. The van der Waals surface area contributed by atoms with Crippen LogP contribution in [0.15, 0.2) is 24.4 Å². The third-order valence-electron chi connectivity index (χ3n) is 3.73. The Bertz CT molecular complexity index is 352. The van der Waals surface area contributed by atoms with Crippen molar-refractivity contribution in [2.24, 2.45) is 0 Å². The fraction of sp³-hybridized carbons (Fsp3) is 0.667. The first kappa shape index (κ1) is 14.4. The van der Waals surface area contributed by atoms with Gasteiger partial charge < -0.3 is 10.1 Å². The van der Waals surface area contributed by atoms with Gasteiger partial charge in [-0.3, -0.25) is 9.88 Å². The van der Waals surface area contributed by atoms with E-state index in [0.717, 1.165) is 31.9 Å². The average molecular weight is 263 g/mol. The van der Waals surface area contributed by atoms with Crippen LogP contribution in [0.5, 0.6) is 0 Å². The van der Waals surface area contributed by atoms with Gasteiger partial charge in [-0.15, -0.1) is 0 Å². The van der Waals surface area contributed by atoms with Crippen molar-refractivity contribution in [1.29, 1.82) is 0 Å². The standard InChI is InChI=1S/C15H25N3O/c1-13(10-16-11-15-7-5-9-19-15)18(2)12-14-6-3-4-8-17-14/h3-4,6,8,13,15-16H,5,7,9-12H2,1-2H3. The topological polar surface area (TPSA) is 37.4 Å². The van der Waals surface area contributed by atoms with Gasteiger partial charge in [-0.1, -0.05) is 6.07 Å². The van der Waals surface area contributed by atoms with Crippen molar-refractivity contribution in [3.63, 3.8) is 0 Å². The molecule has 2 unspecified atom stereocenters. The van der Waals surface area contributed by atoms with E-state index in [0.29, 0.717) is 12.1 Å². The summed E-state index contributed by atoms with van der Waals surface area (Å²) in [6.45, 7) is 6.03. The fourth-order valence-corrected chi connectivity index (χ4v) is 2.32. The summed E-state index contributed by atoms with van der Waals surface area (Å²) in [5.41, 5.74) is 1.12. The number of rotatable bonds is 7. The molecule has 106 valence electrons. The van der Waals surface area contributed by atoms with E-state index in [1.54, 1.807) is 0 Å². The minimum atomic E-state index is 0.424. The van der Waals surface area contributed by atoms with Gasteiger partial charge in [-0.2, -0.15) is 0 Å². The van der Waals surface area contributed by atoms with Crippen LogP contribution < -0.4 is 5.32 Å². The third kappa shape index (κ3) is 4.90. The summed E-state index contributed by atoms with van der Waals surface area (Å²) in [6.07, 6.45) is 4.68. The minimum Gasteiger partial charge on any atom is -0.377 e. The highest BCUT2D eigenvalue weighted by molar-refractivity contribution is 5.03. The molecule has 2 rings (SSSR count). The molecule has 0 bridgehead atoms. The van der Waals surface area contributed by atoms with E-state index in [-0.39, 0.29) is 0 Å². The predicted molar refractivity (Wildman–Crippen MR) is 77.0 cm³/mol. The normalized spacial score (nSPS) is 20.9. The van der Waals surface area contributed by atoms with Gasteiger partial charge in [0.25, 0.3) is 0 Å². The summed E-state index contributed by atoms with van der Waals surface area (Å²) in [5, 5.41) is 3.51. The second-order valence-corrected chi connectivity index (χ2v) is 5.38. The minimum absolute atomic E-state index is 0.424. The van der Waals surface area contributed by atoms with Gasteiger partial charge in [0, 0.05) is 38.5 Å². The van der Waals surface area contributed by atoms with Crippen LogP contribution in [0.25, 0.3) is 0 Å². The Morgan fingerprint density at radius 2 is 2.42 bits per heavy atom. The lowest BCUT2D eigenvalue weighted by molar-refractivity contribution is 0.108. The van der Waals surface area contributed by atoms with E-state index in [1.165, 1.54) is 12.8 Å². The van der Waals surface area contributed by atoms with Gasteiger partial charge >= 0.3 is 0 Å². The van der Waals surface area contributed by atoms with Crippen LogP contribution in [-0.4, -0.2) is 48.8 Å². The van der Waals surface area contributed by atoms with Gasteiger partial charge in [0.1, 0.15) is 0 Å². The van der Waals surface area contributed by atoms with Crippen molar-refractivity contribution in [3.05, 3.63) is 30.1 Å². The van der Waals surface area contributed by atoms with Crippen molar-refractivity contribution in [2.45, 2.75) is 38.5 Å². The van der Waals surface area contributed by atoms with Crippen molar-refractivity contribution in [2.75, 3.05) is 26.7 Å². The van der Waals surface area contributed by atoms with E-state index in [2.05, 4.69) is 35.2 Å². The molecular weight excluding hydrogens is 238 g/mol. The van der Waals surface area contributed by atoms with E-state index in [4.69, 9.17) is 4.74 Å². The molecule has 1 N–H and O–H groups in total. The van der Waals surface area contributed by atoms with Gasteiger partial charge in [-0.05, 0) is 38.9 Å². The Hall–Kier alpha value is -0.970. The van der Waals surface area contributed by atoms with E-state index in [1.807, 2.05) is 18.3 Å². The second kappa shape index (κ2) is 7.58. The molecular formula is C15H25N3O. The van der Waals surface area contributed by atoms with Crippen LogP contribution in [0.3, 0.4) is 0 Å². The molecule has 0 aliphatic carbocycles. The summed E-state index contributed by atoms with van der Waals surface area (Å²) in [5.74, 6) is 0. The first-order chi connectivity index (χ1) is 9.25. The molecule has 1 aromatic rings. The number of aromatic nitrogens is 1. The Balaban J connectivity index is 1.65. The number of hydrogen-bond acceptors (Lipinski definition) is 4. The molecule has 1 aliphatic heterocycles. The number of pyridine rings is 1. The van der Waals surface area contributed by atoms with E-state index in [9.17, 15) is 0 Å². The molecule has 1 fully saturated rings. The molecule has 0 radical (unpaired) electrons. The number of nitrogens with one attached hydrogen (secondary N) is 1. The zero-order chi connectivity index (χ0) is 13.5. The van der Waals surface area contributed by atoms with Crippen molar-refractivity contribution < 1.29 is 4.74 Å². The van der Waals surface area contributed by atoms with Crippen molar-refractivity contribution in [3.8, 4) is 0 Å². The molecule has 0 amide bonds. The SMILES string of the molecule is CC(CNCC1CCCO1)N(C)Cc1ccccn1. The summed E-state index contributed by atoms with van der Waals surface area (Å²) in [4.78, 5) is 6.69. The summed E-state index contributed by atoms with van der Waals surface area (Å²) < 4.78 is 5.60. The number of likely N-dealkylation sites (N-methyl/N-ethyl adjacent to an activating group) is 1. The monoisotopic (exact) mass is 263 g/mol. The van der Waals surface area contributed by atoms with Gasteiger partial charge in [0.2, 0.25) is 0 Å². The molecule has 2 atom stereocenters. The molecule has 1 aliphatic rings. The first-order valence-electron chi connectivity index (χ1n) is 7.18. The lowest BCUT2D eigenvalue weighted by atomic mass is 10.2. The van der Waals surface area contributed by atoms with Crippen LogP contribution in [0.1, 0.15) is 25.5 Å². The Labute approximate surface area is 116 Å². The Morgan fingerprint density at radius 1 is 1.53 bits per heavy atom. The second-order valence-electron chi connectivity index (χ2n) is 5.38. The highest BCUT2D eigenvalue weighted by atomic mass is 16.5. The molecule has 2 heterocycles. The summed E-state index contributed by atoms with van der Waals surface area (Å²) in [7, 11) is 2.15. The molecule has 0 saturated carbocycles. The van der Waals surface area contributed by atoms with Crippen LogP contribution in [0, 0.1) is 0 Å². The van der Waals surface area contributed by atoms with Crippen LogP contribution in [0.2, 0.25) is 0 Å². The average Bonchev–Trinajstić information content (AvgIpc) is 2.93. The molecule has 0 aromatic carbocycles. The highest BCUT2D eigenvalue weighted by Gasteiger charge is 2.16. The number of ether oxygens (including phenoxy) is 1. The van der Waals surface area contributed by atoms with Crippen LogP contribution in [-0.2, 0) is 11.3 Å². The molecule has 0 spiro atoms. The third-order valence-corrected chi connectivity index (χ3v) is 3.73. The fourth-order valence-electron chi connectivity index (χ4n) is 2.32. The zero-order valence-electron chi connectivity index (χ0n) is 12.0. The molecule has 4 nitrogen and oxygen atoms in total. The van der Waals surface area contributed by atoms with Crippen LogP contribution in [0.4, 0.5) is 0 Å². The molecule has 1 saturated heterocycles. The summed E-state index contributed by atoms with van der Waals surface area (Å²) >= 11 is 0. The van der Waals surface area contributed by atoms with Gasteiger partial charge in [-0.25, -0.2) is 0 Å². The summed E-state index contributed by atoms with van der Waals surface area (Å²) in [6, 6.07) is 6.55. The smallest absolute Gasteiger partial charge is 0.0700 e. The van der Waals surface area contributed by atoms with E-state index < -0.39 is 0 Å². The van der Waals surface area contributed by atoms with Crippen LogP contribution >= 0.6 is 0 Å². The highest BCUT2D eigenvalue weighted by Crippen LogP contribution is 2.10. The van der Waals surface area contributed by atoms with E-state index >= 15 is 0 Å². The molecule has 19 heavy (non-hydrogen) atoms. The van der Waals surface area contributed by atoms with Gasteiger partial charge in [0.05, 0.1) is 11.8 Å². The maximum atomic E-state index is 5.60. The first-order valence-corrected chi connectivity index (χ1v) is 7.18. The molecule has 4 heteroatoms. The zero-order valence-corrected chi connectivity index (χ0v) is 12.0. The Kier molecular flexibility index (Phi) is 5.76. The lowest BCUT2D eigenvalue weighted by Crippen LogP contribution is -2.40. The van der Waals surface area contributed by atoms with Crippen molar-refractivity contribution in [1.82, 2.24) is 15.2 Å². The number of hydrogen-bond donors (Lipinski definition) is 1. The maximum absolute atomic E-state index is 5.60.